The minimum Gasteiger partial charge on any atom is -0.508 e. The summed E-state index contributed by atoms with van der Waals surface area (Å²) < 4.78 is 0. The Labute approximate surface area is 412 Å². The number of phenols is 1. The van der Waals surface area contributed by atoms with Gasteiger partial charge >= 0.3 is 11.9 Å². The first-order valence-corrected chi connectivity index (χ1v) is 23.8. The molecule has 0 saturated carbocycles. The summed E-state index contributed by atoms with van der Waals surface area (Å²) in [7, 11) is 0. The van der Waals surface area contributed by atoms with Crippen LogP contribution in [0.4, 0.5) is 0 Å². The van der Waals surface area contributed by atoms with Crippen LogP contribution in [0.2, 0.25) is 0 Å². The van der Waals surface area contributed by atoms with Crippen molar-refractivity contribution in [2.75, 3.05) is 26.2 Å². The van der Waals surface area contributed by atoms with Crippen LogP contribution in [0.1, 0.15) is 98.0 Å². The molecular weight excluding hydrogens is 929 g/mol. The van der Waals surface area contributed by atoms with Gasteiger partial charge in [0, 0.05) is 26.1 Å². The van der Waals surface area contributed by atoms with Crippen molar-refractivity contribution in [3.8, 4) is 5.75 Å². The molecule has 25 nitrogen and oxygen atoms in total. The third-order valence-corrected chi connectivity index (χ3v) is 12.0. The van der Waals surface area contributed by atoms with Crippen LogP contribution in [-0.2, 0) is 54.4 Å². The molecule has 15 N–H and O–H groups in total. The lowest BCUT2D eigenvalue weighted by atomic mass is 10.0. The number of rotatable bonds is 27. The van der Waals surface area contributed by atoms with Gasteiger partial charge in [-0.15, -0.1) is 0 Å². The lowest BCUT2D eigenvalue weighted by Crippen LogP contribution is -2.59. The molecule has 0 bridgehead atoms. The number of hydrogen-bond donors (Lipinski definition) is 12. The number of aromatic hydroxyl groups is 1. The summed E-state index contributed by atoms with van der Waals surface area (Å²) in [5, 5.41) is 43.9. The molecule has 0 spiro atoms. The maximum Gasteiger partial charge on any atom is 0.326 e. The molecule has 8 amide bonds. The van der Waals surface area contributed by atoms with E-state index in [2.05, 4.69) is 36.9 Å². The fraction of sp³-hybridized carbons (Fsp3) is 0.630. The third-order valence-electron chi connectivity index (χ3n) is 12.0. The summed E-state index contributed by atoms with van der Waals surface area (Å²) >= 11 is 0. The smallest absolute Gasteiger partial charge is 0.326 e. The largest absolute Gasteiger partial charge is 0.508 e. The molecule has 1 aromatic rings. The summed E-state index contributed by atoms with van der Waals surface area (Å²) in [5.74, 6) is -9.00. The van der Waals surface area contributed by atoms with E-state index in [0.717, 1.165) is 0 Å². The third kappa shape index (κ3) is 18.7. The van der Waals surface area contributed by atoms with E-state index < -0.39 is 126 Å². The number of aliphatic carboxylic acids is 2. The second kappa shape index (κ2) is 28.0. The number of guanidine groups is 1. The zero-order chi connectivity index (χ0) is 53.1. The summed E-state index contributed by atoms with van der Waals surface area (Å²) in [4.78, 5) is 138. The minimum absolute atomic E-state index is 0.00700. The van der Waals surface area contributed by atoms with E-state index in [0.29, 0.717) is 18.4 Å². The Kier molecular flexibility index (Phi) is 22.9. The highest BCUT2D eigenvalue weighted by Gasteiger charge is 2.41. The van der Waals surface area contributed by atoms with E-state index in [1.54, 1.807) is 26.0 Å². The molecule has 0 radical (unpaired) electrons. The molecule has 25 heteroatoms. The molecule has 2 aliphatic rings. The number of nitrogens with two attached hydrogens (primary N) is 3. The second-order valence-electron chi connectivity index (χ2n) is 18.6. The van der Waals surface area contributed by atoms with Crippen LogP contribution in [-0.4, -0.2) is 165 Å². The van der Waals surface area contributed by atoms with Crippen LogP contribution in [0.25, 0.3) is 0 Å². The van der Waals surface area contributed by atoms with Crippen LogP contribution < -0.4 is 49.1 Å². The van der Waals surface area contributed by atoms with Gasteiger partial charge in [-0.05, 0) is 94.2 Å². The Hall–Kier alpha value is -7.05. The van der Waals surface area contributed by atoms with Crippen LogP contribution in [0.5, 0.6) is 5.75 Å². The molecule has 2 aliphatic heterocycles. The Morgan fingerprint density at radius 3 is 1.79 bits per heavy atom. The lowest BCUT2D eigenvalue weighted by Gasteiger charge is -2.31. The number of likely N-dealkylation sites (tertiary alicyclic amines) is 2. The number of phenolic OH excluding ortho intramolecular Hbond substituents is 1. The minimum atomic E-state index is -1.44. The number of carboxylic acids is 2. The second-order valence-corrected chi connectivity index (χ2v) is 18.6. The van der Waals surface area contributed by atoms with Crippen molar-refractivity contribution in [3.63, 3.8) is 0 Å². The zero-order valence-electron chi connectivity index (χ0n) is 41.0. The topological polar surface area (TPSA) is 400 Å². The first-order valence-electron chi connectivity index (χ1n) is 23.8. The summed E-state index contributed by atoms with van der Waals surface area (Å²) in [6, 6.07) is -3.37. The number of nitrogens with zero attached hydrogens (tertiary/aromatic N) is 3. The number of carboxylic acid groups (broad SMARTS) is 2. The SMILES string of the molecule is CC(C)C[C@H](NC(=O)[C@@H](N)Cc1ccc(O)cc1)C(=O)NCC(=O)N[C@@H](CCCN=C(N)N)C(=O)N1CCC[C@H]1C(=O)N[C@@H](C)C(=O)N[C@@H](CCC(=O)O)C(=O)N1CCC[C@H]1C(=O)N[C@H](C(=O)O)C(C)C. The fourth-order valence-electron chi connectivity index (χ4n) is 8.22. The number of amides is 8. The normalized spacial score (nSPS) is 18.0. The predicted molar refractivity (Wildman–Crippen MR) is 256 cm³/mol. The average molecular weight is 1000 g/mol. The highest BCUT2D eigenvalue weighted by atomic mass is 16.4. The molecule has 71 heavy (non-hydrogen) atoms. The van der Waals surface area contributed by atoms with Crippen molar-refractivity contribution in [3.05, 3.63) is 29.8 Å². The van der Waals surface area contributed by atoms with Crippen LogP contribution in [0.15, 0.2) is 29.3 Å². The van der Waals surface area contributed by atoms with Crippen molar-refractivity contribution in [1.82, 2.24) is 41.7 Å². The van der Waals surface area contributed by atoms with E-state index >= 15 is 0 Å². The van der Waals surface area contributed by atoms with Gasteiger partial charge in [-0.2, -0.15) is 0 Å². The van der Waals surface area contributed by atoms with Gasteiger partial charge in [0.15, 0.2) is 5.96 Å². The Morgan fingerprint density at radius 1 is 0.718 bits per heavy atom. The lowest BCUT2D eigenvalue weighted by molar-refractivity contribution is -0.146. The quantitative estimate of drug-likeness (QED) is 0.0246. The van der Waals surface area contributed by atoms with Gasteiger partial charge in [-0.1, -0.05) is 39.8 Å². The van der Waals surface area contributed by atoms with E-state index in [-0.39, 0.29) is 82.2 Å². The summed E-state index contributed by atoms with van der Waals surface area (Å²) in [6.07, 6.45) is 0.760. The molecular formula is C46H72N12O13. The first-order chi connectivity index (χ1) is 33.4. The maximum atomic E-state index is 14.2. The van der Waals surface area contributed by atoms with Crippen LogP contribution in [0, 0.1) is 11.8 Å². The summed E-state index contributed by atoms with van der Waals surface area (Å²) in [6.45, 7) is 7.88. The van der Waals surface area contributed by atoms with Crippen LogP contribution in [0.3, 0.4) is 0 Å². The highest BCUT2D eigenvalue weighted by Crippen LogP contribution is 2.22. The van der Waals surface area contributed by atoms with E-state index in [9.17, 15) is 63.3 Å². The number of carbonyl (C=O) groups excluding carboxylic acids is 8. The molecule has 1 aromatic carbocycles. The van der Waals surface area contributed by atoms with Crippen molar-refractivity contribution in [2.24, 2.45) is 34.0 Å². The van der Waals surface area contributed by atoms with Crippen molar-refractivity contribution in [1.29, 1.82) is 0 Å². The van der Waals surface area contributed by atoms with Gasteiger partial charge in [-0.3, -0.25) is 48.1 Å². The van der Waals surface area contributed by atoms with Crippen molar-refractivity contribution in [2.45, 2.75) is 147 Å². The standard InChI is InChI=1S/C46H72N12O13/c1-24(2)21-32(55-39(64)29(47)22-27-12-14-28(59)15-13-27)40(65)51-23-35(60)53-30(9-6-18-50-46(48)49)43(68)57-19-7-10-33(57)41(66)52-26(5)38(63)54-31(16-17-36(61)62)44(69)58-20-8-11-34(58)42(67)56-37(25(3)4)45(70)71/h12-15,24-26,29-34,37,59H,6-11,16-23,47H2,1-5H3,(H,51,65)(H,52,66)(H,53,60)(H,54,63)(H,55,64)(H,56,67)(H,61,62)(H,70,71)(H4,48,49,50)/t26-,29-,30-,31-,32-,33-,34-,37-/m0/s1. The van der Waals surface area contributed by atoms with E-state index in [1.807, 2.05) is 13.8 Å². The van der Waals surface area contributed by atoms with Crippen molar-refractivity contribution >= 4 is 65.2 Å². The summed E-state index contributed by atoms with van der Waals surface area (Å²) in [5.41, 5.74) is 17.8. The number of aliphatic imine (C=N–C) groups is 1. The Balaban J connectivity index is 1.69. The number of carbonyl (C=O) groups is 10. The molecule has 2 saturated heterocycles. The fourth-order valence-corrected chi connectivity index (χ4v) is 8.22. The molecule has 0 unspecified atom stereocenters. The Morgan fingerprint density at radius 2 is 1.27 bits per heavy atom. The van der Waals surface area contributed by atoms with E-state index in [1.165, 1.54) is 28.9 Å². The average Bonchev–Trinajstić information content (AvgIpc) is 4.00. The molecule has 3 rings (SSSR count). The molecule has 2 fully saturated rings. The molecule has 0 aliphatic carbocycles. The molecule has 8 atom stereocenters. The van der Waals surface area contributed by atoms with Crippen molar-refractivity contribution < 1.29 is 63.3 Å². The van der Waals surface area contributed by atoms with Gasteiger partial charge in [0.1, 0.15) is 48.0 Å². The number of benzene rings is 1. The monoisotopic (exact) mass is 1000 g/mol. The van der Waals surface area contributed by atoms with Gasteiger partial charge < -0.3 is 74.2 Å². The predicted octanol–water partition coefficient (Wildman–Crippen LogP) is -2.49. The van der Waals surface area contributed by atoms with Gasteiger partial charge in [0.25, 0.3) is 0 Å². The molecule has 2 heterocycles. The van der Waals surface area contributed by atoms with Crippen LogP contribution >= 0.6 is 0 Å². The molecule has 0 aromatic heterocycles. The molecule has 394 valence electrons. The zero-order valence-corrected chi connectivity index (χ0v) is 41.0. The van der Waals surface area contributed by atoms with Gasteiger partial charge in [0.05, 0.1) is 12.6 Å². The van der Waals surface area contributed by atoms with Gasteiger partial charge in [-0.25, -0.2) is 4.79 Å². The Bertz CT molecular complexity index is 2100. The van der Waals surface area contributed by atoms with E-state index in [4.69, 9.17) is 17.2 Å². The number of nitrogens with one attached hydrogen (secondary N) is 6. The maximum absolute atomic E-state index is 14.2. The van der Waals surface area contributed by atoms with Gasteiger partial charge in [0.2, 0.25) is 47.3 Å². The highest BCUT2D eigenvalue weighted by molar-refractivity contribution is 5.98. The first kappa shape index (κ1) is 58.3. The number of hydrogen-bond acceptors (Lipinski definition) is 13.